The van der Waals surface area contributed by atoms with Gasteiger partial charge in [0.15, 0.2) is 0 Å². The predicted molar refractivity (Wildman–Crippen MR) is 181 cm³/mol. The van der Waals surface area contributed by atoms with Crippen LogP contribution in [0.25, 0.3) is 10.9 Å². The first-order valence-corrected chi connectivity index (χ1v) is 16.1. The number of piperidine rings is 1. The molecule has 0 amide bonds. The Balaban J connectivity index is 0.00000133. The van der Waals surface area contributed by atoms with Crippen molar-refractivity contribution < 1.29 is 28.5 Å². The molecule has 2 aromatic carbocycles. The highest BCUT2D eigenvalue weighted by Gasteiger charge is 2.46. The molecule has 2 fully saturated rings. The molecule has 45 heavy (non-hydrogen) atoms. The Morgan fingerprint density at radius 3 is 2.31 bits per heavy atom. The van der Waals surface area contributed by atoms with Gasteiger partial charge >= 0.3 is 12.1 Å². The third-order valence-corrected chi connectivity index (χ3v) is 8.32. The van der Waals surface area contributed by atoms with Crippen molar-refractivity contribution in [1.82, 2.24) is 9.47 Å². The number of aromatic nitrogens is 1. The van der Waals surface area contributed by atoms with Crippen LogP contribution in [0.2, 0.25) is 0 Å². The van der Waals surface area contributed by atoms with E-state index < -0.39 is 11.7 Å². The molecule has 0 bridgehead atoms. The number of esters is 1. The SMILES string of the molecule is CC.CC.CNc1cc(C(=O)OC)ccc1C1CC2(CCN1Cc1c(OC)cc(C)c3c1ccn3C(=O)OC(C)(C)C)COC2. The fraction of sp³-hybridized carbons (Fsp3) is 0.556. The number of carbonyl (C=O) groups excluding carboxylic acids is 2. The van der Waals surface area contributed by atoms with Gasteiger partial charge in [-0.25, -0.2) is 9.59 Å². The second-order valence-electron chi connectivity index (χ2n) is 12.3. The van der Waals surface area contributed by atoms with Crippen molar-refractivity contribution in [3.8, 4) is 5.75 Å². The van der Waals surface area contributed by atoms with Crippen LogP contribution in [0.15, 0.2) is 36.5 Å². The summed E-state index contributed by atoms with van der Waals surface area (Å²) in [6.07, 6.45) is 3.36. The lowest BCUT2D eigenvalue weighted by Gasteiger charge is -2.51. The van der Waals surface area contributed by atoms with E-state index in [1.165, 1.54) is 7.11 Å². The lowest BCUT2D eigenvalue weighted by atomic mass is 9.72. The summed E-state index contributed by atoms with van der Waals surface area (Å²) in [5.41, 5.74) is 4.87. The van der Waals surface area contributed by atoms with Crippen LogP contribution in [0.5, 0.6) is 5.75 Å². The minimum absolute atomic E-state index is 0.0794. The first-order chi connectivity index (χ1) is 21.5. The molecule has 248 valence electrons. The van der Waals surface area contributed by atoms with E-state index in [1.807, 2.05) is 92.8 Å². The lowest BCUT2D eigenvalue weighted by molar-refractivity contribution is -0.153. The first kappa shape index (κ1) is 35.9. The van der Waals surface area contributed by atoms with Gasteiger partial charge in [0.2, 0.25) is 0 Å². The second-order valence-corrected chi connectivity index (χ2v) is 12.3. The third kappa shape index (κ3) is 7.64. The second kappa shape index (κ2) is 15.1. The van der Waals surface area contributed by atoms with Crippen molar-refractivity contribution >= 4 is 28.7 Å². The van der Waals surface area contributed by atoms with Crippen LogP contribution in [-0.4, -0.2) is 68.2 Å². The minimum Gasteiger partial charge on any atom is -0.496 e. The van der Waals surface area contributed by atoms with E-state index in [4.69, 9.17) is 18.9 Å². The number of nitrogens with zero attached hydrogens (tertiary/aromatic N) is 2. The number of anilines is 1. The number of likely N-dealkylation sites (tertiary alicyclic amines) is 1. The maximum atomic E-state index is 13.1. The van der Waals surface area contributed by atoms with Crippen LogP contribution in [0.3, 0.4) is 0 Å². The quantitative estimate of drug-likeness (QED) is 0.277. The van der Waals surface area contributed by atoms with Crippen molar-refractivity contribution in [2.24, 2.45) is 5.41 Å². The summed E-state index contributed by atoms with van der Waals surface area (Å²) in [6, 6.07) is 9.80. The number of methoxy groups -OCH3 is 2. The molecule has 2 saturated heterocycles. The van der Waals surface area contributed by atoms with Gasteiger partial charge in [-0.1, -0.05) is 33.8 Å². The number of ether oxygens (including phenoxy) is 4. The van der Waals surface area contributed by atoms with Crippen molar-refractivity contribution in [1.29, 1.82) is 0 Å². The highest BCUT2D eigenvalue weighted by atomic mass is 16.6. The Kier molecular flexibility index (Phi) is 12.1. The molecule has 5 rings (SSSR count). The molecule has 3 aromatic rings. The number of carbonyl (C=O) groups is 2. The molecule has 1 spiro atoms. The molecule has 2 aliphatic heterocycles. The minimum atomic E-state index is -0.604. The summed E-state index contributed by atoms with van der Waals surface area (Å²) in [5.74, 6) is 0.427. The maximum absolute atomic E-state index is 13.1. The van der Waals surface area contributed by atoms with Crippen molar-refractivity contribution in [3.63, 3.8) is 0 Å². The third-order valence-electron chi connectivity index (χ3n) is 8.32. The molecule has 0 saturated carbocycles. The van der Waals surface area contributed by atoms with Gasteiger partial charge in [-0.15, -0.1) is 0 Å². The van der Waals surface area contributed by atoms with Gasteiger partial charge in [-0.2, -0.15) is 0 Å². The van der Waals surface area contributed by atoms with Crippen LogP contribution in [0, 0.1) is 12.3 Å². The molecule has 1 N–H and O–H groups in total. The highest BCUT2D eigenvalue weighted by Crippen LogP contribution is 2.49. The van der Waals surface area contributed by atoms with Gasteiger partial charge in [0.05, 0.1) is 38.5 Å². The molecule has 3 heterocycles. The number of hydrogen-bond acceptors (Lipinski definition) is 8. The van der Waals surface area contributed by atoms with Crippen molar-refractivity contribution in [2.45, 2.75) is 86.4 Å². The molecule has 0 radical (unpaired) electrons. The van der Waals surface area contributed by atoms with Gasteiger partial charge in [0, 0.05) is 47.9 Å². The van der Waals surface area contributed by atoms with E-state index in [0.717, 1.165) is 71.6 Å². The summed E-state index contributed by atoms with van der Waals surface area (Å²) in [5, 5.41) is 4.28. The Labute approximate surface area is 269 Å². The smallest absolute Gasteiger partial charge is 0.419 e. The van der Waals surface area contributed by atoms with E-state index >= 15 is 0 Å². The number of aryl methyl sites for hydroxylation is 1. The monoisotopic (exact) mass is 623 g/mol. The Hall–Kier alpha value is -3.56. The average molecular weight is 624 g/mol. The van der Waals surface area contributed by atoms with Gasteiger partial charge < -0.3 is 24.3 Å². The van der Waals surface area contributed by atoms with Crippen LogP contribution in [-0.2, 0) is 20.8 Å². The molecule has 9 nitrogen and oxygen atoms in total. The van der Waals surface area contributed by atoms with Gasteiger partial charge in [-0.3, -0.25) is 9.47 Å². The molecule has 9 heteroatoms. The average Bonchev–Trinajstić information content (AvgIpc) is 3.48. The molecular formula is C36H53N3O6. The fourth-order valence-corrected chi connectivity index (χ4v) is 6.21. The van der Waals surface area contributed by atoms with Crippen LogP contribution < -0.4 is 10.1 Å². The highest BCUT2D eigenvalue weighted by molar-refractivity contribution is 5.95. The van der Waals surface area contributed by atoms with E-state index in [2.05, 4.69) is 10.2 Å². The van der Waals surface area contributed by atoms with Crippen LogP contribution in [0.4, 0.5) is 10.5 Å². The summed E-state index contributed by atoms with van der Waals surface area (Å²) in [4.78, 5) is 27.8. The van der Waals surface area contributed by atoms with Crippen molar-refractivity contribution in [3.05, 3.63) is 58.8 Å². The molecule has 0 aliphatic carbocycles. The summed E-state index contributed by atoms with van der Waals surface area (Å²) in [7, 11) is 4.96. The lowest BCUT2D eigenvalue weighted by Crippen LogP contribution is -2.51. The molecule has 1 atom stereocenters. The maximum Gasteiger partial charge on any atom is 0.419 e. The predicted octanol–water partition coefficient (Wildman–Crippen LogP) is 7.98. The number of benzene rings is 2. The summed E-state index contributed by atoms with van der Waals surface area (Å²) < 4.78 is 23.8. The molecular weight excluding hydrogens is 570 g/mol. The van der Waals surface area contributed by atoms with Crippen molar-refractivity contribution in [2.75, 3.05) is 46.3 Å². The number of nitrogens with one attached hydrogen (secondary N) is 1. The zero-order chi connectivity index (χ0) is 33.5. The largest absolute Gasteiger partial charge is 0.496 e. The zero-order valence-electron chi connectivity index (χ0n) is 29.1. The standard InChI is InChI=1S/C32H41N3O6.2C2H6/c1-20-14-27(38-6)24(22-10-12-35(28(20)22)30(37)41-31(2,3)4)17-34-13-11-32(18-40-19-32)16-26(34)23-9-8-21(29(36)39-7)15-25(23)33-5;2*1-2/h8-10,12,14-15,26,33H,11,13,16-19H2,1-7H3;2*1-2H3. The van der Waals surface area contributed by atoms with E-state index in [-0.39, 0.29) is 17.4 Å². The Morgan fingerprint density at radius 2 is 1.76 bits per heavy atom. The topological polar surface area (TPSA) is 91.3 Å². The Morgan fingerprint density at radius 1 is 1.07 bits per heavy atom. The zero-order valence-corrected chi connectivity index (χ0v) is 29.1. The van der Waals surface area contributed by atoms with Gasteiger partial charge in [0.1, 0.15) is 11.4 Å². The van der Waals surface area contributed by atoms with E-state index in [9.17, 15) is 9.59 Å². The molecule has 2 aliphatic rings. The van der Waals surface area contributed by atoms with Gasteiger partial charge in [0.25, 0.3) is 0 Å². The van der Waals surface area contributed by atoms with Gasteiger partial charge in [-0.05, 0) is 82.5 Å². The molecule has 1 unspecified atom stereocenters. The van der Waals surface area contributed by atoms with E-state index in [0.29, 0.717) is 12.1 Å². The summed E-state index contributed by atoms with van der Waals surface area (Å²) >= 11 is 0. The number of hydrogen-bond donors (Lipinski definition) is 1. The normalized spacial score (nSPS) is 17.3. The summed E-state index contributed by atoms with van der Waals surface area (Å²) in [6.45, 7) is 18.6. The van der Waals surface area contributed by atoms with Crippen LogP contribution in [0.1, 0.15) is 94.4 Å². The number of rotatable bonds is 6. The molecule has 1 aromatic heterocycles. The number of fused-ring (bicyclic) bond motifs is 1. The first-order valence-electron chi connectivity index (χ1n) is 16.1. The van der Waals surface area contributed by atoms with E-state index in [1.54, 1.807) is 17.9 Å². The van der Waals surface area contributed by atoms with Crippen LogP contribution >= 0.6 is 0 Å². The fourth-order valence-electron chi connectivity index (χ4n) is 6.21. The Bertz CT molecular complexity index is 1470.